The molecule has 0 bridgehead atoms. The summed E-state index contributed by atoms with van der Waals surface area (Å²) in [6, 6.07) is 0. The van der Waals surface area contributed by atoms with Crippen LogP contribution in [0.1, 0.15) is 31.2 Å². The molecule has 17 heavy (non-hydrogen) atoms. The van der Waals surface area contributed by atoms with Gasteiger partial charge in [0.1, 0.15) is 6.33 Å². The molecule has 0 unspecified atom stereocenters. The van der Waals surface area contributed by atoms with Crippen molar-refractivity contribution in [3.05, 3.63) is 24.3 Å². The lowest BCUT2D eigenvalue weighted by Crippen LogP contribution is -2.36. The summed E-state index contributed by atoms with van der Waals surface area (Å²) in [4.78, 5) is 7.56. The number of hydrogen-bond acceptors (Lipinski definition) is 3. The second-order valence-corrected chi connectivity index (χ2v) is 4.47. The van der Waals surface area contributed by atoms with E-state index in [0.717, 1.165) is 0 Å². The van der Waals surface area contributed by atoms with Crippen LogP contribution in [0.3, 0.4) is 0 Å². The highest BCUT2D eigenvalue weighted by Gasteiger charge is 2.45. The van der Waals surface area contributed by atoms with Crippen molar-refractivity contribution in [2.75, 3.05) is 0 Å². The van der Waals surface area contributed by atoms with Crippen LogP contribution in [0.4, 0.5) is 13.2 Å². The second-order valence-electron chi connectivity index (χ2n) is 4.47. The van der Waals surface area contributed by atoms with E-state index in [1.54, 1.807) is 0 Å². The number of halogens is 3. The van der Waals surface area contributed by atoms with E-state index in [-0.39, 0.29) is 25.7 Å². The molecule has 1 N–H and O–H groups in total. The van der Waals surface area contributed by atoms with Gasteiger partial charge in [-0.3, -0.25) is 0 Å². The Morgan fingerprint density at radius 3 is 2.18 bits per heavy atom. The molecule has 0 saturated heterocycles. The summed E-state index contributed by atoms with van der Waals surface area (Å²) in [5.41, 5.74) is -0.705. The minimum atomic E-state index is -4.16. The Labute approximate surface area is 96.7 Å². The molecular weight excluding hydrogens is 233 g/mol. The van der Waals surface area contributed by atoms with Crippen LogP contribution in [-0.2, 0) is 5.60 Å². The van der Waals surface area contributed by atoms with Gasteiger partial charge in [-0.2, -0.15) is 13.2 Å². The van der Waals surface area contributed by atoms with E-state index in [1.807, 2.05) is 0 Å². The maximum atomic E-state index is 12.5. The average molecular weight is 246 g/mol. The molecule has 1 aliphatic carbocycles. The molecule has 1 aromatic heterocycles. The zero-order valence-corrected chi connectivity index (χ0v) is 9.11. The summed E-state index contributed by atoms with van der Waals surface area (Å²) < 4.78 is 37.5. The first-order valence-corrected chi connectivity index (χ1v) is 5.46. The van der Waals surface area contributed by atoms with Gasteiger partial charge in [-0.05, 0) is 25.7 Å². The predicted octanol–water partition coefficient (Wildman–Crippen LogP) is 2.42. The molecule has 0 atom stereocenters. The zero-order valence-electron chi connectivity index (χ0n) is 9.11. The maximum Gasteiger partial charge on any atom is 0.391 e. The maximum absolute atomic E-state index is 12.5. The van der Waals surface area contributed by atoms with Gasteiger partial charge in [0.25, 0.3) is 0 Å². The fourth-order valence-corrected chi connectivity index (χ4v) is 2.25. The summed E-state index contributed by atoms with van der Waals surface area (Å²) >= 11 is 0. The SMILES string of the molecule is OC1(c2cncnc2)CCC(C(F)(F)F)CC1. The van der Waals surface area contributed by atoms with Crippen LogP contribution in [0, 0.1) is 5.92 Å². The van der Waals surface area contributed by atoms with Crippen LogP contribution < -0.4 is 0 Å². The van der Waals surface area contributed by atoms with Gasteiger partial charge >= 0.3 is 6.18 Å². The summed E-state index contributed by atoms with van der Waals surface area (Å²) in [6.07, 6.45) is 0.198. The van der Waals surface area contributed by atoms with Crippen LogP contribution >= 0.6 is 0 Å². The Morgan fingerprint density at radius 2 is 1.71 bits per heavy atom. The van der Waals surface area contributed by atoms with Crippen LogP contribution in [0.15, 0.2) is 18.7 Å². The number of nitrogens with zero attached hydrogens (tertiary/aromatic N) is 2. The fraction of sp³-hybridized carbons (Fsp3) is 0.636. The van der Waals surface area contributed by atoms with E-state index >= 15 is 0 Å². The largest absolute Gasteiger partial charge is 0.391 e. The number of hydrogen-bond donors (Lipinski definition) is 1. The van der Waals surface area contributed by atoms with E-state index in [0.29, 0.717) is 5.56 Å². The van der Waals surface area contributed by atoms with Gasteiger partial charge < -0.3 is 5.11 Å². The monoisotopic (exact) mass is 246 g/mol. The van der Waals surface area contributed by atoms with Crippen molar-refractivity contribution in [2.24, 2.45) is 5.92 Å². The van der Waals surface area contributed by atoms with Gasteiger partial charge in [0.2, 0.25) is 0 Å². The van der Waals surface area contributed by atoms with Crippen molar-refractivity contribution in [1.82, 2.24) is 9.97 Å². The van der Waals surface area contributed by atoms with Gasteiger partial charge in [-0.15, -0.1) is 0 Å². The number of alkyl halides is 3. The van der Waals surface area contributed by atoms with Gasteiger partial charge in [0, 0.05) is 18.0 Å². The molecular formula is C11H13F3N2O. The molecule has 0 spiro atoms. The Morgan fingerprint density at radius 1 is 1.18 bits per heavy atom. The predicted molar refractivity (Wildman–Crippen MR) is 53.9 cm³/mol. The Hall–Kier alpha value is -1.17. The lowest BCUT2D eigenvalue weighted by Gasteiger charge is -2.36. The molecule has 0 radical (unpaired) electrons. The molecule has 1 heterocycles. The Kier molecular flexibility index (Phi) is 3.07. The molecule has 1 fully saturated rings. The van der Waals surface area contributed by atoms with Crippen LogP contribution in [0.2, 0.25) is 0 Å². The van der Waals surface area contributed by atoms with Gasteiger partial charge in [-0.1, -0.05) is 0 Å². The standard InChI is InChI=1S/C11H13F3N2O/c12-11(13,14)8-1-3-10(17,4-2-8)9-5-15-7-16-6-9/h5-8,17H,1-4H2. The second kappa shape index (κ2) is 4.25. The van der Waals surface area contributed by atoms with Crippen molar-refractivity contribution in [3.63, 3.8) is 0 Å². The highest BCUT2D eigenvalue weighted by molar-refractivity contribution is 5.15. The van der Waals surface area contributed by atoms with Gasteiger partial charge in [0.15, 0.2) is 0 Å². The fourth-order valence-electron chi connectivity index (χ4n) is 2.25. The lowest BCUT2D eigenvalue weighted by molar-refractivity contribution is -0.193. The molecule has 2 rings (SSSR count). The molecule has 0 aromatic carbocycles. The zero-order chi connectivity index (χ0) is 12.5. The molecule has 1 saturated carbocycles. The lowest BCUT2D eigenvalue weighted by atomic mass is 9.76. The molecule has 94 valence electrons. The van der Waals surface area contributed by atoms with Gasteiger partial charge in [-0.25, -0.2) is 9.97 Å². The third-order valence-electron chi connectivity index (χ3n) is 3.37. The smallest absolute Gasteiger partial charge is 0.385 e. The highest BCUT2D eigenvalue weighted by atomic mass is 19.4. The first-order chi connectivity index (χ1) is 7.92. The van der Waals surface area contributed by atoms with Crippen molar-refractivity contribution in [1.29, 1.82) is 0 Å². The third kappa shape index (κ3) is 2.57. The average Bonchev–Trinajstić information content (AvgIpc) is 2.29. The molecule has 1 aromatic rings. The number of aromatic nitrogens is 2. The van der Waals surface area contributed by atoms with E-state index in [1.165, 1.54) is 18.7 Å². The first-order valence-electron chi connectivity index (χ1n) is 5.46. The number of rotatable bonds is 1. The highest BCUT2D eigenvalue weighted by Crippen LogP contribution is 2.44. The van der Waals surface area contributed by atoms with Gasteiger partial charge in [0.05, 0.1) is 11.5 Å². The van der Waals surface area contributed by atoms with Crippen LogP contribution in [0.25, 0.3) is 0 Å². The van der Waals surface area contributed by atoms with Crippen LogP contribution in [0.5, 0.6) is 0 Å². The minimum absolute atomic E-state index is 0.0467. The van der Waals surface area contributed by atoms with E-state index in [4.69, 9.17) is 0 Å². The quantitative estimate of drug-likeness (QED) is 0.827. The Balaban J connectivity index is 2.08. The molecule has 3 nitrogen and oxygen atoms in total. The summed E-state index contributed by atoms with van der Waals surface area (Å²) in [7, 11) is 0. The molecule has 0 aliphatic heterocycles. The van der Waals surface area contributed by atoms with Crippen LogP contribution in [-0.4, -0.2) is 21.3 Å². The topological polar surface area (TPSA) is 46.0 Å². The third-order valence-corrected chi connectivity index (χ3v) is 3.37. The van der Waals surface area contributed by atoms with E-state index in [2.05, 4.69) is 9.97 Å². The molecule has 6 heteroatoms. The first kappa shape index (κ1) is 12.3. The normalized spacial score (nSPS) is 30.2. The summed E-state index contributed by atoms with van der Waals surface area (Å²) in [5.74, 6) is -1.30. The number of aliphatic hydroxyl groups is 1. The van der Waals surface area contributed by atoms with E-state index < -0.39 is 17.7 Å². The Bertz CT molecular complexity index is 372. The van der Waals surface area contributed by atoms with Crippen molar-refractivity contribution >= 4 is 0 Å². The summed E-state index contributed by atoms with van der Waals surface area (Å²) in [5, 5.41) is 10.3. The van der Waals surface area contributed by atoms with E-state index in [9.17, 15) is 18.3 Å². The summed E-state index contributed by atoms with van der Waals surface area (Å²) in [6.45, 7) is 0. The van der Waals surface area contributed by atoms with Crippen molar-refractivity contribution in [2.45, 2.75) is 37.5 Å². The molecule has 0 amide bonds. The van der Waals surface area contributed by atoms with Crippen molar-refractivity contribution in [3.8, 4) is 0 Å². The molecule has 1 aliphatic rings. The minimum Gasteiger partial charge on any atom is -0.385 e. The van der Waals surface area contributed by atoms with Crippen molar-refractivity contribution < 1.29 is 18.3 Å².